The molecule has 0 spiro atoms. The fraction of sp³-hybridized carbons (Fsp3) is 0.500. The average molecular weight is 296 g/mol. The van der Waals surface area contributed by atoms with E-state index in [1.54, 1.807) is 31.9 Å². The molecule has 1 aromatic rings. The third kappa shape index (κ3) is 2.71. The Hall–Kier alpha value is -1.40. The Kier molecular flexibility index (Phi) is 3.88. The summed E-state index contributed by atoms with van der Waals surface area (Å²) in [6.45, 7) is 3.48. The molecule has 1 saturated carbocycles. The molecule has 6 heteroatoms. The predicted molar refractivity (Wildman–Crippen MR) is 77.0 cm³/mol. The van der Waals surface area contributed by atoms with E-state index in [1.165, 1.54) is 6.07 Å². The van der Waals surface area contributed by atoms with Gasteiger partial charge >= 0.3 is 0 Å². The van der Waals surface area contributed by atoms with Crippen LogP contribution in [0.2, 0.25) is 0 Å². The normalized spacial score (nSPS) is 15.8. The number of primary sulfonamides is 1. The van der Waals surface area contributed by atoms with Gasteiger partial charge in [0.2, 0.25) is 10.0 Å². The van der Waals surface area contributed by atoms with Crippen molar-refractivity contribution in [2.24, 2.45) is 5.14 Å². The van der Waals surface area contributed by atoms with Gasteiger partial charge in [-0.2, -0.15) is 0 Å². The molecule has 0 radical (unpaired) electrons. The van der Waals surface area contributed by atoms with Crippen LogP contribution in [0.25, 0.3) is 0 Å². The highest BCUT2D eigenvalue weighted by Crippen LogP contribution is 2.26. The van der Waals surface area contributed by atoms with Gasteiger partial charge in [-0.1, -0.05) is 0 Å². The van der Waals surface area contributed by atoms with Crippen molar-refractivity contribution >= 4 is 15.9 Å². The summed E-state index contributed by atoms with van der Waals surface area (Å²) < 4.78 is 23.2. The van der Waals surface area contributed by atoms with Crippen LogP contribution >= 0.6 is 0 Å². The lowest BCUT2D eigenvalue weighted by molar-refractivity contribution is 0.0651. The molecule has 0 saturated heterocycles. The number of hydrogen-bond acceptors (Lipinski definition) is 3. The molecule has 0 bridgehead atoms. The van der Waals surface area contributed by atoms with Crippen molar-refractivity contribution in [1.29, 1.82) is 0 Å². The van der Waals surface area contributed by atoms with Crippen LogP contribution in [-0.4, -0.2) is 32.3 Å². The van der Waals surface area contributed by atoms with E-state index in [0.717, 1.165) is 24.8 Å². The van der Waals surface area contributed by atoms with Gasteiger partial charge < -0.3 is 4.90 Å². The molecule has 110 valence electrons. The second-order valence-electron chi connectivity index (χ2n) is 5.46. The van der Waals surface area contributed by atoms with Crippen molar-refractivity contribution < 1.29 is 13.2 Å². The summed E-state index contributed by atoms with van der Waals surface area (Å²) in [6.07, 6.45) is 3.15. The standard InChI is InChI=1S/C14H20N2O3S/c1-9-7-11(8-13(10(9)2)20(15,18)19)14(17)16(3)12-5-4-6-12/h7-8,12H,4-6H2,1-3H3,(H2,15,18,19). The number of carbonyl (C=O) groups excluding carboxylic acids is 1. The minimum atomic E-state index is -3.82. The van der Waals surface area contributed by atoms with Crippen molar-refractivity contribution in [1.82, 2.24) is 4.90 Å². The number of benzene rings is 1. The highest BCUT2D eigenvalue weighted by atomic mass is 32.2. The maximum absolute atomic E-state index is 12.4. The number of aryl methyl sites for hydroxylation is 1. The lowest BCUT2D eigenvalue weighted by Gasteiger charge is -2.34. The lowest BCUT2D eigenvalue weighted by atomic mass is 9.91. The molecule has 20 heavy (non-hydrogen) atoms. The van der Waals surface area contributed by atoms with E-state index in [1.807, 2.05) is 0 Å². The molecule has 1 amide bonds. The zero-order chi connectivity index (χ0) is 15.1. The van der Waals surface area contributed by atoms with Crippen LogP contribution in [-0.2, 0) is 10.0 Å². The Morgan fingerprint density at radius 3 is 2.35 bits per heavy atom. The number of nitrogens with zero attached hydrogens (tertiary/aromatic N) is 1. The molecule has 0 aromatic heterocycles. The van der Waals surface area contributed by atoms with E-state index in [0.29, 0.717) is 11.1 Å². The van der Waals surface area contributed by atoms with E-state index < -0.39 is 10.0 Å². The fourth-order valence-electron chi connectivity index (χ4n) is 2.39. The summed E-state index contributed by atoms with van der Waals surface area (Å²) in [4.78, 5) is 14.1. The second-order valence-corrected chi connectivity index (χ2v) is 6.99. The first kappa shape index (κ1) is 15.0. The molecular weight excluding hydrogens is 276 g/mol. The maximum atomic E-state index is 12.4. The Morgan fingerprint density at radius 1 is 1.30 bits per heavy atom. The largest absolute Gasteiger partial charge is 0.339 e. The topological polar surface area (TPSA) is 80.5 Å². The van der Waals surface area contributed by atoms with Crippen LogP contribution in [0.4, 0.5) is 0 Å². The lowest BCUT2D eigenvalue weighted by Crippen LogP contribution is -2.41. The van der Waals surface area contributed by atoms with Gasteiger partial charge in [-0.3, -0.25) is 4.79 Å². The highest BCUT2D eigenvalue weighted by Gasteiger charge is 2.27. The molecule has 1 fully saturated rings. The molecule has 2 N–H and O–H groups in total. The van der Waals surface area contributed by atoms with Crippen LogP contribution < -0.4 is 5.14 Å². The molecule has 0 heterocycles. The first-order chi connectivity index (χ1) is 9.21. The second kappa shape index (κ2) is 5.18. The molecular formula is C14H20N2O3S. The Labute approximate surface area is 119 Å². The van der Waals surface area contributed by atoms with Gasteiger partial charge in [0.25, 0.3) is 5.91 Å². The average Bonchev–Trinajstić information content (AvgIpc) is 2.27. The number of hydrogen-bond donors (Lipinski definition) is 1. The van der Waals surface area contributed by atoms with Crippen molar-refractivity contribution in [3.8, 4) is 0 Å². The molecule has 0 atom stereocenters. The zero-order valence-electron chi connectivity index (χ0n) is 12.0. The Bertz CT molecular complexity index is 649. The minimum absolute atomic E-state index is 0.0304. The molecule has 1 aromatic carbocycles. The molecule has 0 aliphatic heterocycles. The molecule has 1 aliphatic rings. The number of sulfonamides is 1. The molecule has 2 rings (SSSR count). The molecule has 1 aliphatic carbocycles. The van der Waals surface area contributed by atoms with Crippen molar-refractivity contribution in [2.45, 2.75) is 44.0 Å². The van der Waals surface area contributed by atoms with Crippen LogP contribution in [0.15, 0.2) is 17.0 Å². The number of rotatable bonds is 3. The SMILES string of the molecule is Cc1cc(C(=O)N(C)C2CCC2)cc(S(N)(=O)=O)c1C. The van der Waals surface area contributed by atoms with Gasteiger partial charge in [0.15, 0.2) is 0 Å². The summed E-state index contributed by atoms with van der Waals surface area (Å²) >= 11 is 0. The van der Waals surface area contributed by atoms with Crippen LogP contribution in [0.5, 0.6) is 0 Å². The molecule has 0 unspecified atom stereocenters. The summed E-state index contributed by atoms with van der Waals surface area (Å²) in [5.74, 6) is -0.150. The summed E-state index contributed by atoms with van der Waals surface area (Å²) in [7, 11) is -2.06. The summed E-state index contributed by atoms with van der Waals surface area (Å²) in [5, 5.41) is 5.22. The number of amides is 1. The van der Waals surface area contributed by atoms with E-state index in [4.69, 9.17) is 5.14 Å². The van der Waals surface area contributed by atoms with Gasteiger partial charge in [0, 0.05) is 18.7 Å². The quantitative estimate of drug-likeness (QED) is 0.919. The van der Waals surface area contributed by atoms with E-state index >= 15 is 0 Å². The highest BCUT2D eigenvalue weighted by molar-refractivity contribution is 7.89. The van der Waals surface area contributed by atoms with Gasteiger partial charge in [0.05, 0.1) is 4.90 Å². The maximum Gasteiger partial charge on any atom is 0.253 e. The Balaban J connectivity index is 2.42. The smallest absolute Gasteiger partial charge is 0.253 e. The Morgan fingerprint density at radius 2 is 1.90 bits per heavy atom. The van der Waals surface area contributed by atoms with Gasteiger partial charge in [-0.15, -0.1) is 0 Å². The number of carbonyl (C=O) groups is 1. The van der Waals surface area contributed by atoms with E-state index in [9.17, 15) is 13.2 Å². The van der Waals surface area contributed by atoms with Gasteiger partial charge in [0.1, 0.15) is 0 Å². The summed E-state index contributed by atoms with van der Waals surface area (Å²) in [6, 6.07) is 3.37. The monoisotopic (exact) mass is 296 g/mol. The number of nitrogens with two attached hydrogens (primary N) is 1. The minimum Gasteiger partial charge on any atom is -0.339 e. The van der Waals surface area contributed by atoms with Gasteiger partial charge in [-0.05, 0) is 56.4 Å². The van der Waals surface area contributed by atoms with Crippen LogP contribution in [0.1, 0.15) is 40.7 Å². The van der Waals surface area contributed by atoms with E-state index in [-0.39, 0.29) is 16.8 Å². The molecule has 5 nitrogen and oxygen atoms in total. The third-order valence-corrected chi connectivity index (χ3v) is 5.15. The predicted octanol–water partition coefficient (Wildman–Crippen LogP) is 1.58. The first-order valence-corrected chi connectivity index (χ1v) is 8.17. The summed E-state index contributed by atoms with van der Waals surface area (Å²) in [5.41, 5.74) is 1.73. The van der Waals surface area contributed by atoms with Crippen LogP contribution in [0, 0.1) is 13.8 Å². The van der Waals surface area contributed by atoms with Crippen molar-refractivity contribution in [2.75, 3.05) is 7.05 Å². The van der Waals surface area contributed by atoms with Crippen molar-refractivity contribution in [3.63, 3.8) is 0 Å². The first-order valence-electron chi connectivity index (χ1n) is 6.63. The van der Waals surface area contributed by atoms with Gasteiger partial charge in [-0.25, -0.2) is 13.6 Å². The fourth-order valence-corrected chi connectivity index (χ4v) is 3.27. The third-order valence-electron chi connectivity index (χ3n) is 4.12. The van der Waals surface area contributed by atoms with Crippen LogP contribution in [0.3, 0.4) is 0 Å². The van der Waals surface area contributed by atoms with Crippen molar-refractivity contribution in [3.05, 3.63) is 28.8 Å². The van der Waals surface area contributed by atoms with E-state index in [2.05, 4.69) is 0 Å². The zero-order valence-corrected chi connectivity index (χ0v) is 12.8.